The van der Waals surface area contributed by atoms with E-state index in [1.807, 2.05) is 24.3 Å². The van der Waals surface area contributed by atoms with Crippen molar-refractivity contribution >= 4 is 5.97 Å². The Morgan fingerprint density at radius 2 is 1.88 bits per heavy atom. The molecule has 0 saturated heterocycles. The third kappa shape index (κ3) is 4.54. The molecule has 0 bridgehead atoms. The van der Waals surface area contributed by atoms with Crippen molar-refractivity contribution in [1.29, 1.82) is 0 Å². The van der Waals surface area contributed by atoms with Gasteiger partial charge in [-0.05, 0) is 24.5 Å². The van der Waals surface area contributed by atoms with Gasteiger partial charge in [0.1, 0.15) is 0 Å². The predicted molar refractivity (Wildman–Crippen MR) is 64.0 cm³/mol. The first kappa shape index (κ1) is 13.7. The highest BCUT2D eigenvalue weighted by molar-refractivity contribution is 5.72. The highest BCUT2D eigenvalue weighted by atomic mass is 16.5. The summed E-state index contributed by atoms with van der Waals surface area (Å²) in [5, 5.41) is 17.7. The van der Waals surface area contributed by atoms with E-state index in [1.54, 1.807) is 6.92 Å². The van der Waals surface area contributed by atoms with E-state index in [2.05, 4.69) is 0 Å². The van der Waals surface area contributed by atoms with Gasteiger partial charge in [0.25, 0.3) is 0 Å². The topological polar surface area (TPSA) is 66.8 Å². The molecule has 0 unspecified atom stereocenters. The lowest BCUT2D eigenvalue weighted by atomic mass is 10.0. The van der Waals surface area contributed by atoms with Crippen molar-refractivity contribution in [3.63, 3.8) is 0 Å². The SMILES string of the molecule is CCO[C@@H](Cc1ccc(CCO)cc1)C(=O)O. The van der Waals surface area contributed by atoms with E-state index < -0.39 is 12.1 Å². The zero-order valence-corrected chi connectivity index (χ0v) is 9.93. The Kier molecular flexibility index (Phi) is 5.66. The average molecular weight is 238 g/mol. The molecule has 1 rings (SSSR count). The van der Waals surface area contributed by atoms with Gasteiger partial charge >= 0.3 is 5.97 Å². The molecular formula is C13H18O4. The normalized spacial score (nSPS) is 12.4. The first-order valence-corrected chi connectivity index (χ1v) is 5.70. The standard InChI is InChI=1S/C13H18O4/c1-2-17-12(13(15)16)9-11-5-3-10(4-6-11)7-8-14/h3-6,12,14H,2,7-9H2,1H3,(H,15,16)/t12-/m0/s1. The van der Waals surface area contributed by atoms with Crippen LogP contribution >= 0.6 is 0 Å². The van der Waals surface area contributed by atoms with Crippen LogP contribution in [-0.4, -0.2) is 35.5 Å². The van der Waals surface area contributed by atoms with Crippen LogP contribution in [0.1, 0.15) is 18.1 Å². The predicted octanol–water partition coefficient (Wildman–Crippen LogP) is 1.25. The van der Waals surface area contributed by atoms with Gasteiger partial charge < -0.3 is 14.9 Å². The Hall–Kier alpha value is -1.39. The molecule has 0 saturated carbocycles. The van der Waals surface area contributed by atoms with E-state index in [-0.39, 0.29) is 6.61 Å². The Morgan fingerprint density at radius 1 is 1.29 bits per heavy atom. The maximum atomic E-state index is 10.9. The number of carbonyl (C=O) groups is 1. The zero-order chi connectivity index (χ0) is 12.7. The molecule has 4 nitrogen and oxygen atoms in total. The summed E-state index contributed by atoms with van der Waals surface area (Å²) < 4.78 is 5.15. The number of ether oxygens (including phenoxy) is 1. The van der Waals surface area contributed by atoms with Crippen LogP contribution in [0.3, 0.4) is 0 Å². The molecule has 0 amide bonds. The number of benzene rings is 1. The van der Waals surface area contributed by atoms with Crippen LogP contribution in [0.25, 0.3) is 0 Å². The summed E-state index contributed by atoms with van der Waals surface area (Å²) in [6, 6.07) is 7.55. The van der Waals surface area contributed by atoms with Gasteiger partial charge in [0.05, 0.1) is 0 Å². The van der Waals surface area contributed by atoms with Crippen LogP contribution in [0.15, 0.2) is 24.3 Å². The van der Waals surface area contributed by atoms with E-state index in [4.69, 9.17) is 14.9 Å². The summed E-state index contributed by atoms with van der Waals surface area (Å²) in [6.07, 6.45) is 0.195. The van der Waals surface area contributed by atoms with Crippen molar-refractivity contribution in [2.24, 2.45) is 0 Å². The maximum Gasteiger partial charge on any atom is 0.333 e. The highest BCUT2D eigenvalue weighted by Crippen LogP contribution is 2.09. The molecule has 0 heterocycles. The highest BCUT2D eigenvalue weighted by Gasteiger charge is 2.17. The number of aliphatic carboxylic acids is 1. The maximum absolute atomic E-state index is 10.9. The van der Waals surface area contributed by atoms with E-state index in [0.29, 0.717) is 19.4 Å². The minimum atomic E-state index is -0.939. The summed E-state index contributed by atoms with van der Waals surface area (Å²) in [5.41, 5.74) is 1.96. The molecular weight excluding hydrogens is 220 g/mol. The first-order chi connectivity index (χ1) is 8.17. The zero-order valence-electron chi connectivity index (χ0n) is 9.93. The quantitative estimate of drug-likeness (QED) is 0.750. The Morgan fingerprint density at radius 3 is 2.35 bits per heavy atom. The summed E-state index contributed by atoms with van der Waals surface area (Å²) in [6.45, 7) is 2.29. The average Bonchev–Trinajstić information content (AvgIpc) is 2.31. The fourth-order valence-corrected chi connectivity index (χ4v) is 1.60. The van der Waals surface area contributed by atoms with Crippen LogP contribution in [0, 0.1) is 0 Å². The molecule has 94 valence electrons. The molecule has 4 heteroatoms. The fourth-order valence-electron chi connectivity index (χ4n) is 1.60. The van der Waals surface area contributed by atoms with E-state index in [9.17, 15) is 4.79 Å². The van der Waals surface area contributed by atoms with Crippen LogP contribution in [0.2, 0.25) is 0 Å². The van der Waals surface area contributed by atoms with Gasteiger partial charge in [-0.25, -0.2) is 4.79 Å². The van der Waals surface area contributed by atoms with E-state index in [0.717, 1.165) is 11.1 Å². The van der Waals surface area contributed by atoms with Crippen LogP contribution in [-0.2, 0) is 22.4 Å². The monoisotopic (exact) mass is 238 g/mol. The van der Waals surface area contributed by atoms with Gasteiger partial charge in [-0.1, -0.05) is 24.3 Å². The van der Waals surface area contributed by atoms with Crippen LogP contribution < -0.4 is 0 Å². The molecule has 0 aromatic heterocycles. The summed E-state index contributed by atoms with van der Waals surface area (Å²) in [4.78, 5) is 10.9. The molecule has 1 aromatic carbocycles. The lowest BCUT2D eigenvalue weighted by Crippen LogP contribution is -2.26. The van der Waals surface area contributed by atoms with Crippen molar-refractivity contribution < 1.29 is 19.7 Å². The number of hydrogen-bond acceptors (Lipinski definition) is 3. The molecule has 0 fully saturated rings. The molecule has 1 atom stereocenters. The molecule has 2 N–H and O–H groups in total. The van der Waals surface area contributed by atoms with Gasteiger partial charge in [-0.3, -0.25) is 0 Å². The van der Waals surface area contributed by atoms with E-state index >= 15 is 0 Å². The lowest BCUT2D eigenvalue weighted by molar-refractivity contribution is -0.149. The van der Waals surface area contributed by atoms with Crippen molar-refractivity contribution in [2.45, 2.75) is 25.9 Å². The van der Waals surface area contributed by atoms with Gasteiger partial charge in [-0.2, -0.15) is 0 Å². The molecule has 17 heavy (non-hydrogen) atoms. The summed E-state index contributed by atoms with van der Waals surface area (Å²) in [7, 11) is 0. The minimum Gasteiger partial charge on any atom is -0.479 e. The Balaban J connectivity index is 2.63. The number of aliphatic hydroxyl groups is 1. The molecule has 0 aliphatic heterocycles. The number of aliphatic hydroxyl groups excluding tert-OH is 1. The smallest absolute Gasteiger partial charge is 0.333 e. The molecule has 0 aliphatic carbocycles. The van der Waals surface area contributed by atoms with Gasteiger partial charge in [0, 0.05) is 19.6 Å². The summed E-state index contributed by atoms with van der Waals surface area (Å²) in [5.74, 6) is -0.939. The minimum absolute atomic E-state index is 0.121. The summed E-state index contributed by atoms with van der Waals surface area (Å²) >= 11 is 0. The van der Waals surface area contributed by atoms with Crippen molar-refractivity contribution in [3.05, 3.63) is 35.4 Å². The van der Waals surface area contributed by atoms with Crippen LogP contribution in [0.5, 0.6) is 0 Å². The van der Waals surface area contributed by atoms with Crippen molar-refractivity contribution in [1.82, 2.24) is 0 Å². The number of carboxylic acid groups (broad SMARTS) is 1. The van der Waals surface area contributed by atoms with Gasteiger partial charge in [-0.15, -0.1) is 0 Å². The van der Waals surface area contributed by atoms with Gasteiger partial charge in [0.2, 0.25) is 0 Å². The third-order valence-corrected chi connectivity index (χ3v) is 2.49. The second kappa shape index (κ2) is 7.04. The molecule has 0 spiro atoms. The van der Waals surface area contributed by atoms with Crippen molar-refractivity contribution in [3.8, 4) is 0 Å². The molecule has 0 aliphatic rings. The van der Waals surface area contributed by atoms with Gasteiger partial charge in [0.15, 0.2) is 6.10 Å². The first-order valence-electron chi connectivity index (χ1n) is 5.70. The number of hydrogen-bond donors (Lipinski definition) is 2. The molecule has 0 radical (unpaired) electrons. The number of rotatable bonds is 7. The second-order valence-corrected chi connectivity index (χ2v) is 3.78. The van der Waals surface area contributed by atoms with E-state index in [1.165, 1.54) is 0 Å². The van der Waals surface area contributed by atoms with Crippen LogP contribution in [0.4, 0.5) is 0 Å². The third-order valence-electron chi connectivity index (χ3n) is 2.49. The largest absolute Gasteiger partial charge is 0.479 e. The Bertz CT molecular complexity index is 345. The fraction of sp³-hybridized carbons (Fsp3) is 0.462. The number of carboxylic acids is 1. The van der Waals surface area contributed by atoms with Crippen molar-refractivity contribution in [2.75, 3.05) is 13.2 Å². The Labute approximate surface area is 101 Å². The molecule has 1 aromatic rings. The lowest BCUT2D eigenvalue weighted by Gasteiger charge is -2.12. The second-order valence-electron chi connectivity index (χ2n) is 3.78.